The second-order valence-corrected chi connectivity index (χ2v) is 7.04. The Balaban J connectivity index is 1.54. The first-order valence-electron chi connectivity index (χ1n) is 7.66. The van der Waals surface area contributed by atoms with Crippen LogP contribution in [-0.4, -0.2) is 23.4 Å². The van der Waals surface area contributed by atoms with E-state index in [0.717, 1.165) is 18.0 Å². The zero-order valence-electron chi connectivity index (χ0n) is 12.9. The summed E-state index contributed by atoms with van der Waals surface area (Å²) in [6.45, 7) is 2.24. The zero-order chi connectivity index (χ0) is 16.9. The highest BCUT2D eigenvalue weighted by molar-refractivity contribution is 7.97. The summed E-state index contributed by atoms with van der Waals surface area (Å²) >= 11 is 7.43. The Morgan fingerprint density at radius 3 is 2.33 bits per heavy atom. The molecule has 0 spiro atoms. The molecule has 1 fully saturated rings. The van der Waals surface area contributed by atoms with Gasteiger partial charge in [0.15, 0.2) is 0 Å². The molecular formula is C17H17ClFN3OS. The first-order chi connectivity index (χ1) is 11.6. The quantitative estimate of drug-likeness (QED) is 0.729. The van der Waals surface area contributed by atoms with Crippen molar-refractivity contribution in [1.29, 1.82) is 0 Å². The van der Waals surface area contributed by atoms with Gasteiger partial charge >= 0.3 is 6.03 Å². The van der Waals surface area contributed by atoms with Gasteiger partial charge in [-0.25, -0.2) is 13.5 Å². The fourth-order valence-electron chi connectivity index (χ4n) is 2.39. The van der Waals surface area contributed by atoms with Gasteiger partial charge in [0.25, 0.3) is 0 Å². The van der Waals surface area contributed by atoms with E-state index in [-0.39, 0.29) is 5.02 Å². The molecule has 126 valence electrons. The fourth-order valence-corrected chi connectivity index (χ4v) is 3.57. The maximum absolute atomic E-state index is 13.1. The lowest BCUT2D eigenvalue weighted by Crippen LogP contribution is -2.19. The van der Waals surface area contributed by atoms with Crippen molar-refractivity contribution in [2.75, 3.05) is 23.7 Å². The van der Waals surface area contributed by atoms with Gasteiger partial charge in [-0.3, -0.25) is 0 Å². The van der Waals surface area contributed by atoms with Gasteiger partial charge in [0.1, 0.15) is 5.82 Å². The van der Waals surface area contributed by atoms with Gasteiger partial charge in [0, 0.05) is 29.4 Å². The van der Waals surface area contributed by atoms with Crippen molar-refractivity contribution in [3.63, 3.8) is 0 Å². The molecule has 0 aliphatic carbocycles. The molecule has 2 amide bonds. The van der Waals surface area contributed by atoms with Crippen molar-refractivity contribution in [1.82, 2.24) is 4.31 Å². The summed E-state index contributed by atoms with van der Waals surface area (Å²) in [6, 6.07) is 11.3. The molecule has 4 nitrogen and oxygen atoms in total. The minimum Gasteiger partial charge on any atom is -0.308 e. The summed E-state index contributed by atoms with van der Waals surface area (Å²) < 4.78 is 15.4. The molecule has 2 aromatic rings. The molecule has 0 atom stereocenters. The predicted octanol–water partition coefficient (Wildman–Crippen LogP) is 5.23. The van der Waals surface area contributed by atoms with Gasteiger partial charge in [0.2, 0.25) is 0 Å². The van der Waals surface area contributed by atoms with Crippen LogP contribution in [0.1, 0.15) is 12.8 Å². The van der Waals surface area contributed by atoms with Crippen molar-refractivity contribution in [3.8, 4) is 0 Å². The number of carbonyl (C=O) groups excluding carboxylic acids is 1. The molecule has 2 aromatic carbocycles. The molecule has 0 saturated carbocycles. The number of urea groups is 1. The summed E-state index contributed by atoms with van der Waals surface area (Å²) in [4.78, 5) is 13.1. The summed E-state index contributed by atoms with van der Waals surface area (Å²) in [5, 5.41) is 5.32. The molecule has 2 N–H and O–H groups in total. The van der Waals surface area contributed by atoms with E-state index in [1.54, 1.807) is 11.9 Å². The van der Waals surface area contributed by atoms with Crippen molar-refractivity contribution in [3.05, 3.63) is 53.3 Å². The largest absolute Gasteiger partial charge is 0.323 e. The van der Waals surface area contributed by atoms with Crippen LogP contribution in [0.25, 0.3) is 0 Å². The summed E-state index contributed by atoms with van der Waals surface area (Å²) in [5.41, 5.74) is 1.12. The van der Waals surface area contributed by atoms with E-state index < -0.39 is 11.8 Å². The van der Waals surface area contributed by atoms with Crippen molar-refractivity contribution < 1.29 is 9.18 Å². The number of hydrogen-bond donors (Lipinski definition) is 2. The topological polar surface area (TPSA) is 44.4 Å². The standard InChI is InChI=1S/C17H17ClFN3OS/c18-15-11-13(5-8-16(15)19)21-17(23)20-12-3-6-14(7-4-12)24-22-9-1-2-10-22/h3-8,11H,1-2,9-10H2,(H2,20,21,23). The molecular weight excluding hydrogens is 349 g/mol. The van der Waals surface area contributed by atoms with E-state index in [4.69, 9.17) is 11.6 Å². The molecule has 0 bridgehead atoms. The lowest BCUT2D eigenvalue weighted by Gasteiger charge is -2.13. The second-order valence-electron chi connectivity index (χ2n) is 5.46. The van der Waals surface area contributed by atoms with Crippen molar-refractivity contribution >= 4 is 41.0 Å². The van der Waals surface area contributed by atoms with Crippen LogP contribution in [0.2, 0.25) is 5.02 Å². The van der Waals surface area contributed by atoms with Crippen LogP contribution in [0.5, 0.6) is 0 Å². The monoisotopic (exact) mass is 365 g/mol. The van der Waals surface area contributed by atoms with Gasteiger partial charge in [-0.1, -0.05) is 11.6 Å². The van der Waals surface area contributed by atoms with E-state index in [2.05, 4.69) is 14.9 Å². The van der Waals surface area contributed by atoms with Gasteiger partial charge in [0.05, 0.1) is 5.02 Å². The number of rotatable bonds is 4. The van der Waals surface area contributed by atoms with Crippen LogP contribution in [0.4, 0.5) is 20.6 Å². The van der Waals surface area contributed by atoms with Gasteiger partial charge < -0.3 is 10.6 Å². The van der Waals surface area contributed by atoms with Crippen molar-refractivity contribution in [2.45, 2.75) is 17.7 Å². The third kappa shape index (κ3) is 4.63. The summed E-state index contributed by atoms with van der Waals surface area (Å²) in [6.07, 6.45) is 2.50. The first kappa shape index (κ1) is 17.1. The Bertz CT molecular complexity index is 720. The molecule has 0 aromatic heterocycles. The number of hydrogen-bond acceptors (Lipinski definition) is 3. The van der Waals surface area contributed by atoms with E-state index in [9.17, 15) is 9.18 Å². The van der Waals surface area contributed by atoms with E-state index >= 15 is 0 Å². The molecule has 1 aliphatic heterocycles. The minimum absolute atomic E-state index is 0.0314. The molecule has 0 radical (unpaired) electrons. The number of benzene rings is 2. The Hall–Kier alpha value is -1.76. The number of nitrogens with one attached hydrogen (secondary N) is 2. The Morgan fingerprint density at radius 1 is 1.04 bits per heavy atom. The minimum atomic E-state index is -0.520. The van der Waals surface area contributed by atoms with Crippen LogP contribution in [-0.2, 0) is 0 Å². The maximum atomic E-state index is 13.1. The second kappa shape index (κ2) is 7.88. The van der Waals surface area contributed by atoms with Crippen LogP contribution in [0.15, 0.2) is 47.4 Å². The smallest absolute Gasteiger partial charge is 0.308 e. The lowest BCUT2D eigenvalue weighted by atomic mass is 10.3. The third-order valence-corrected chi connectivity index (χ3v) is 4.99. The molecule has 0 unspecified atom stereocenters. The van der Waals surface area contributed by atoms with E-state index in [1.807, 2.05) is 24.3 Å². The molecule has 1 heterocycles. The average Bonchev–Trinajstić information content (AvgIpc) is 3.06. The van der Waals surface area contributed by atoms with Crippen molar-refractivity contribution in [2.24, 2.45) is 0 Å². The van der Waals surface area contributed by atoms with Gasteiger partial charge in [-0.15, -0.1) is 0 Å². The lowest BCUT2D eigenvalue weighted by molar-refractivity contribution is 0.262. The number of amides is 2. The normalized spacial score (nSPS) is 14.6. The highest BCUT2D eigenvalue weighted by Gasteiger charge is 2.12. The van der Waals surface area contributed by atoms with E-state index in [0.29, 0.717) is 11.4 Å². The van der Waals surface area contributed by atoms with Crippen LogP contribution >= 0.6 is 23.5 Å². The number of anilines is 2. The Morgan fingerprint density at radius 2 is 1.67 bits per heavy atom. The predicted molar refractivity (Wildman–Crippen MR) is 97.2 cm³/mol. The highest BCUT2D eigenvalue weighted by Crippen LogP contribution is 2.27. The number of carbonyl (C=O) groups is 1. The van der Waals surface area contributed by atoms with Gasteiger partial charge in [-0.2, -0.15) is 0 Å². The Kier molecular flexibility index (Phi) is 5.60. The zero-order valence-corrected chi connectivity index (χ0v) is 14.5. The highest BCUT2D eigenvalue weighted by atomic mass is 35.5. The Labute approximate surface area is 149 Å². The third-order valence-electron chi connectivity index (χ3n) is 3.59. The molecule has 24 heavy (non-hydrogen) atoms. The molecule has 1 saturated heterocycles. The number of halogens is 2. The van der Waals surface area contributed by atoms with Crippen LogP contribution in [0, 0.1) is 5.82 Å². The number of nitrogens with zero attached hydrogens (tertiary/aromatic N) is 1. The molecule has 7 heteroatoms. The average molecular weight is 366 g/mol. The molecule has 3 rings (SSSR count). The summed E-state index contributed by atoms with van der Waals surface area (Å²) in [5.74, 6) is -0.520. The molecule has 1 aliphatic rings. The summed E-state index contributed by atoms with van der Waals surface area (Å²) in [7, 11) is 0. The fraction of sp³-hybridized carbons (Fsp3) is 0.235. The van der Waals surface area contributed by atoms with Gasteiger partial charge in [-0.05, 0) is 67.3 Å². The maximum Gasteiger partial charge on any atom is 0.323 e. The first-order valence-corrected chi connectivity index (χ1v) is 8.81. The van der Waals surface area contributed by atoms with Crippen LogP contribution in [0.3, 0.4) is 0 Å². The van der Waals surface area contributed by atoms with Crippen LogP contribution < -0.4 is 10.6 Å². The SMILES string of the molecule is O=C(Nc1ccc(SN2CCCC2)cc1)Nc1ccc(F)c(Cl)c1. The van der Waals surface area contributed by atoms with E-state index in [1.165, 1.54) is 31.0 Å².